The number of nitrogens with zero attached hydrogens (tertiary/aromatic N) is 2. The van der Waals surface area contributed by atoms with Crippen LogP contribution in [0.1, 0.15) is 0 Å². The van der Waals surface area contributed by atoms with Gasteiger partial charge in [-0.3, -0.25) is 0 Å². The van der Waals surface area contributed by atoms with Gasteiger partial charge in [0.15, 0.2) is 11.3 Å². The highest BCUT2D eigenvalue weighted by Gasteiger charge is 1.94. The van der Waals surface area contributed by atoms with E-state index in [0.29, 0.717) is 10.8 Å². The standard InChI is InChI=1S/C4H6N2O2S/c7-1-2-9-4-3-8-6-5-4/h3,7H,1-2H2. The van der Waals surface area contributed by atoms with Crippen molar-refractivity contribution in [3.63, 3.8) is 0 Å². The van der Waals surface area contributed by atoms with E-state index in [2.05, 4.69) is 14.9 Å². The molecule has 0 aromatic carbocycles. The van der Waals surface area contributed by atoms with Gasteiger partial charge >= 0.3 is 0 Å². The first-order valence-corrected chi connectivity index (χ1v) is 3.43. The maximum Gasteiger partial charge on any atom is 0.160 e. The molecule has 0 fully saturated rings. The fourth-order valence-corrected chi connectivity index (χ4v) is 0.872. The minimum Gasteiger partial charge on any atom is -0.396 e. The molecule has 1 aromatic rings. The molecule has 5 heteroatoms. The summed E-state index contributed by atoms with van der Waals surface area (Å²) in [5.41, 5.74) is 0. The van der Waals surface area contributed by atoms with Crippen LogP contribution in [0.3, 0.4) is 0 Å². The summed E-state index contributed by atoms with van der Waals surface area (Å²) in [5, 5.41) is 15.9. The molecule has 1 heterocycles. The molecule has 0 atom stereocenters. The van der Waals surface area contributed by atoms with Crippen LogP contribution in [0.25, 0.3) is 0 Å². The van der Waals surface area contributed by atoms with Crippen LogP contribution in [-0.2, 0) is 0 Å². The summed E-state index contributed by atoms with van der Waals surface area (Å²) in [6.07, 6.45) is 1.44. The summed E-state index contributed by atoms with van der Waals surface area (Å²) in [4.78, 5) is 0. The number of hydrogen-bond donors (Lipinski definition) is 1. The van der Waals surface area contributed by atoms with Gasteiger partial charge in [-0.15, -0.1) is 5.10 Å². The van der Waals surface area contributed by atoms with Crippen molar-refractivity contribution < 1.29 is 9.63 Å². The number of aromatic nitrogens is 2. The molecule has 0 saturated heterocycles. The van der Waals surface area contributed by atoms with E-state index in [-0.39, 0.29) is 6.61 Å². The van der Waals surface area contributed by atoms with Crippen molar-refractivity contribution in [1.29, 1.82) is 0 Å². The van der Waals surface area contributed by atoms with E-state index in [1.165, 1.54) is 18.0 Å². The lowest BCUT2D eigenvalue weighted by molar-refractivity contribution is 0.322. The second-order valence-electron chi connectivity index (χ2n) is 1.32. The van der Waals surface area contributed by atoms with Crippen molar-refractivity contribution in [2.24, 2.45) is 0 Å². The Bertz CT molecular complexity index is 154. The van der Waals surface area contributed by atoms with Gasteiger partial charge in [0.05, 0.1) is 6.61 Å². The molecule has 0 spiro atoms. The minimum atomic E-state index is 0.150. The van der Waals surface area contributed by atoms with E-state index in [1.807, 2.05) is 0 Å². The Labute approximate surface area is 56.2 Å². The minimum absolute atomic E-state index is 0.150. The SMILES string of the molecule is OCCSc1conn1. The van der Waals surface area contributed by atoms with Gasteiger partial charge in [0.2, 0.25) is 0 Å². The van der Waals surface area contributed by atoms with Crippen molar-refractivity contribution >= 4 is 11.8 Å². The Morgan fingerprint density at radius 3 is 3.22 bits per heavy atom. The topological polar surface area (TPSA) is 59.2 Å². The van der Waals surface area contributed by atoms with Crippen LogP contribution in [0, 0.1) is 0 Å². The molecule has 0 amide bonds. The second kappa shape index (κ2) is 3.47. The fourth-order valence-electron chi connectivity index (χ4n) is 0.369. The van der Waals surface area contributed by atoms with E-state index in [0.717, 1.165) is 0 Å². The summed E-state index contributed by atoms with van der Waals surface area (Å²) < 4.78 is 4.45. The normalized spacial score (nSPS) is 9.89. The van der Waals surface area contributed by atoms with Crippen molar-refractivity contribution in [2.45, 2.75) is 5.03 Å². The molecule has 0 radical (unpaired) electrons. The number of aliphatic hydroxyl groups is 1. The number of hydrogen-bond acceptors (Lipinski definition) is 5. The first-order valence-electron chi connectivity index (χ1n) is 2.44. The summed E-state index contributed by atoms with van der Waals surface area (Å²) in [6, 6.07) is 0. The highest BCUT2D eigenvalue weighted by molar-refractivity contribution is 7.99. The van der Waals surface area contributed by atoms with E-state index >= 15 is 0 Å². The van der Waals surface area contributed by atoms with E-state index in [1.54, 1.807) is 0 Å². The Kier molecular flexibility index (Phi) is 2.53. The predicted molar refractivity (Wildman–Crippen MR) is 32.1 cm³/mol. The van der Waals surface area contributed by atoms with E-state index in [4.69, 9.17) is 5.11 Å². The molecule has 1 rings (SSSR count). The lowest BCUT2D eigenvalue weighted by atomic mass is 10.9. The molecule has 0 unspecified atom stereocenters. The molecular weight excluding hydrogens is 140 g/mol. The lowest BCUT2D eigenvalue weighted by Gasteiger charge is -1.86. The average Bonchev–Trinajstić information content (AvgIpc) is 2.34. The van der Waals surface area contributed by atoms with Crippen molar-refractivity contribution in [1.82, 2.24) is 10.4 Å². The monoisotopic (exact) mass is 146 g/mol. The Morgan fingerprint density at radius 2 is 2.67 bits per heavy atom. The average molecular weight is 146 g/mol. The molecule has 0 aliphatic rings. The number of thioether (sulfide) groups is 1. The molecule has 4 nitrogen and oxygen atoms in total. The highest BCUT2D eigenvalue weighted by Crippen LogP contribution is 2.11. The fraction of sp³-hybridized carbons (Fsp3) is 0.500. The summed E-state index contributed by atoms with van der Waals surface area (Å²) in [5.74, 6) is 0.633. The van der Waals surface area contributed by atoms with Gasteiger partial charge in [0, 0.05) is 11.0 Å². The van der Waals surface area contributed by atoms with Crippen LogP contribution in [0.4, 0.5) is 0 Å². The zero-order valence-electron chi connectivity index (χ0n) is 4.65. The molecule has 0 bridgehead atoms. The largest absolute Gasteiger partial charge is 0.396 e. The van der Waals surface area contributed by atoms with Crippen LogP contribution in [-0.4, -0.2) is 27.8 Å². The molecule has 50 valence electrons. The van der Waals surface area contributed by atoms with Gasteiger partial charge in [-0.05, 0) is 0 Å². The van der Waals surface area contributed by atoms with Crippen LogP contribution in [0.2, 0.25) is 0 Å². The zero-order valence-corrected chi connectivity index (χ0v) is 5.47. The third kappa shape index (κ3) is 2.03. The van der Waals surface area contributed by atoms with Gasteiger partial charge in [0.1, 0.15) is 0 Å². The molecule has 9 heavy (non-hydrogen) atoms. The molecule has 0 saturated carbocycles. The van der Waals surface area contributed by atoms with Gasteiger partial charge in [-0.2, -0.15) is 0 Å². The van der Waals surface area contributed by atoms with Gasteiger partial charge < -0.3 is 9.63 Å². The van der Waals surface area contributed by atoms with Crippen molar-refractivity contribution in [3.05, 3.63) is 6.26 Å². The van der Waals surface area contributed by atoms with E-state index < -0.39 is 0 Å². The van der Waals surface area contributed by atoms with Gasteiger partial charge in [-0.1, -0.05) is 11.8 Å². The third-order valence-corrected chi connectivity index (χ3v) is 1.54. The molecule has 0 aliphatic carbocycles. The van der Waals surface area contributed by atoms with Crippen LogP contribution in [0.5, 0.6) is 0 Å². The van der Waals surface area contributed by atoms with Gasteiger partial charge in [-0.25, -0.2) is 0 Å². The van der Waals surface area contributed by atoms with E-state index in [9.17, 15) is 0 Å². The second-order valence-corrected chi connectivity index (χ2v) is 2.43. The smallest absolute Gasteiger partial charge is 0.160 e. The third-order valence-electron chi connectivity index (χ3n) is 0.681. The lowest BCUT2D eigenvalue weighted by Crippen LogP contribution is -1.84. The van der Waals surface area contributed by atoms with Crippen molar-refractivity contribution in [2.75, 3.05) is 12.4 Å². The first-order chi connectivity index (χ1) is 4.43. The Morgan fingerprint density at radius 1 is 1.78 bits per heavy atom. The zero-order chi connectivity index (χ0) is 6.53. The Balaban J connectivity index is 2.30. The highest BCUT2D eigenvalue weighted by atomic mass is 32.2. The molecule has 1 N–H and O–H groups in total. The molecule has 0 aliphatic heterocycles. The maximum atomic E-state index is 8.37. The summed E-state index contributed by atoms with van der Waals surface area (Å²) in [7, 11) is 0. The Hall–Kier alpha value is -0.550. The predicted octanol–water partition coefficient (Wildman–Crippen LogP) is 0.154. The summed E-state index contributed by atoms with van der Waals surface area (Å²) in [6.45, 7) is 0.150. The quantitative estimate of drug-likeness (QED) is 0.615. The number of aliphatic hydroxyl groups excluding tert-OH is 1. The maximum absolute atomic E-state index is 8.37. The van der Waals surface area contributed by atoms with Crippen LogP contribution in [0.15, 0.2) is 15.8 Å². The first kappa shape index (κ1) is 6.57. The summed E-state index contributed by atoms with van der Waals surface area (Å²) >= 11 is 1.41. The van der Waals surface area contributed by atoms with Crippen LogP contribution < -0.4 is 0 Å². The number of rotatable bonds is 3. The molecular formula is C4H6N2O2S. The van der Waals surface area contributed by atoms with Crippen LogP contribution >= 0.6 is 11.8 Å². The van der Waals surface area contributed by atoms with Crippen molar-refractivity contribution in [3.8, 4) is 0 Å². The van der Waals surface area contributed by atoms with Gasteiger partial charge in [0.25, 0.3) is 0 Å². The molecule has 1 aromatic heterocycles.